The molecule has 2 rings (SSSR count). The number of hydrogen-bond acceptors (Lipinski definition) is 2. The molecule has 1 amide bonds. The number of amides is 1. The molecule has 20 heavy (non-hydrogen) atoms. The summed E-state index contributed by atoms with van der Waals surface area (Å²) in [6, 6.07) is 3.66. The SMILES string of the molecule is Cn1cc(CNC(=O)CCc2ccc(F)c(F)c2)cn1. The minimum Gasteiger partial charge on any atom is -0.352 e. The lowest BCUT2D eigenvalue weighted by Crippen LogP contribution is -2.22. The number of carbonyl (C=O) groups excluding carboxylic acids is 1. The molecular formula is C14H15F2N3O. The highest BCUT2D eigenvalue weighted by atomic mass is 19.2. The van der Waals surface area contributed by atoms with Gasteiger partial charge in [0, 0.05) is 31.8 Å². The number of rotatable bonds is 5. The van der Waals surface area contributed by atoms with Gasteiger partial charge < -0.3 is 5.32 Å². The van der Waals surface area contributed by atoms with E-state index in [1.165, 1.54) is 6.07 Å². The monoisotopic (exact) mass is 279 g/mol. The second-order valence-electron chi connectivity index (χ2n) is 4.55. The molecule has 0 radical (unpaired) electrons. The van der Waals surface area contributed by atoms with E-state index in [2.05, 4.69) is 10.4 Å². The van der Waals surface area contributed by atoms with Gasteiger partial charge in [-0.15, -0.1) is 0 Å². The molecule has 1 heterocycles. The number of nitrogens with one attached hydrogen (secondary N) is 1. The smallest absolute Gasteiger partial charge is 0.220 e. The van der Waals surface area contributed by atoms with Crippen molar-refractivity contribution in [3.63, 3.8) is 0 Å². The Bertz CT molecular complexity index is 610. The average Bonchev–Trinajstić information content (AvgIpc) is 2.83. The predicted molar refractivity (Wildman–Crippen MR) is 69.7 cm³/mol. The Morgan fingerprint density at radius 3 is 2.75 bits per heavy atom. The Morgan fingerprint density at radius 1 is 1.30 bits per heavy atom. The van der Waals surface area contributed by atoms with E-state index in [0.29, 0.717) is 18.5 Å². The third-order valence-electron chi connectivity index (χ3n) is 2.87. The molecule has 0 saturated heterocycles. The number of benzene rings is 1. The fourth-order valence-corrected chi connectivity index (χ4v) is 1.81. The Kier molecular flexibility index (Phi) is 4.45. The maximum Gasteiger partial charge on any atom is 0.220 e. The van der Waals surface area contributed by atoms with Crippen LogP contribution in [0, 0.1) is 11.6 Å². The van der Waals surface area contributed by atoms with Crippen LogP contribution in [0.3, 0.4) is 0 Å². The predicted octanol–water partition coefficient (Wildman–Crippen LogP) is 1.95. The molecular weight excluding hydrogens is 264 g/mol. The summed E-state index contributed by atoms with van der Waals surface area (Å²) in [4.78, 5) is 11.6. The van der Waals surface area contributed by atoms with Gasteiger partial charge in [-0.1, -0.05) is 6.07 Å². The molecule has 6 heteroatoms. The van der Waals surface area contributed by atoms with E-state index < -0.39 is 11.6 Å². The van der Waals surface area contributed by atoms with Crippen molar-refractivity contribution in [3.05, 3.63) is 53.4 Å². The van der Waals surface area contributed by atoms with Gasteiger partial charge in [-0.3, -0.25) is 9.48 Å². The van der Waals surface area contributed by atoms with Crippen LogP contribution in [0.15, 0.2) is 30.6 Å². The van der Waals surface area contributed by atoms with Gasteiger partial charge in [0.1, 0.15) is 0 Å². The van der Waals surface area contributed by atoms with Gasteiger partial charge in [0.2, 0.25) is 5.91 Å². The van der Waals surface area contributed by atoms with Crippen molar-refractivity contribution in [2.75, 3.05) is 0 Å². The molecule has 4 nitrogen and oxygen atoms in total. The standard InChI is InChI=1S/C14H15F2N3O/c1-19-9-11(8-18-19)7-17-14(20)5-3-10-2-4-12(15)13(16)6-10/h2,4,6,8-9H,3,5,7H2,1H3,(H,17,20). The lowest BCUT2D eigenvalue weighted by atomic mass is 10.1. The molecule has 0 fully saturated rings. The van der Waals surface area contributed by atoms with Crippen LogP contribution in [0.1, 0.15) is 17.5 Å². The maximum atomic E-state index is 13.0. The molecule has 1 aromatic carbocycles. The van der Waals surface area contributed by atoms with Crippen LogP contribution in [0.4, 0.5) is 8.78 Å². The van der Waals surface area contributed by atoms with Gasteiger partial charge in [-0.05, 0) is 24.1 Å². The first-order valence-electron chi connectivity index (χ1n) is 6.23. The van der Waals surface area contributed by atoms with E-state index in [0.717, 1.165) is 17.7 Å². The first-order chi connectivity index (χ1) is 9.54. The van der Waals surface area contributed by atoms with Crippen LogP contribution in [0.2, 0.25) is 0 Å². The summed E-state index contributed by atoms with van der Waals surface area (Å²) < 4.78 is 27.4. The summed E-state index contributed by atoms with van der Waals surface area (Å²) >= 11 is 0. The number of aromatic nitrogens is 2. The van der Waals surface area contributed by atoms with Gasteiger partial charge in [-0.2, -0.15) is 5.10 Å². The molecule has 1 N–H and O–H groups in total. The van der Waals surface area contributed by atoms with E-state index in [4.69, 9.17) is 0 Å². The van der Waals surface area contributed by atoms with Gasteiger partial charge >= 0.3 is 0 Å². The summed E-state index contributed by atoms with van der Waals surface area (Å²) in [6.45, 7) is 0.407. The summed E-state index contributed by atoms with van der Waals surface area (Å²) in [5.41, 5.74) is 1.51. The van der Waals surface area contributed by atoms with Crippen molar-refractivity contribution in [3.8, 4) is 0 Å². The average molecular weight is 279 g/mol. The van der Waals surface area contributed by atoms with Gasteiger partial charge in [0.05, 0.1) is 6.20 Å². The molecule has 0 bridgehead atoms. The van der Waals surface area contributed by atoms with Crippen LogP contribution < -0.4 is 5.32 Å². The van der Waals surface area contributed by atoms with Crippen molar-refractivity contribution in [1.29, 1.82) is 0 Å². The number of hydrogen-bond donors (Lipinski definition) is 1. The fourth-order valence-electron chi connectivity index (χ4n) is 1.81. The van der Waals surface area contributed by atoms with E-state index in [1.807, 2.05) is 6.20 Å². The fraction of sp³-hybridized carbons (Fsp3) is 0.286. The summed E-state index contributed by atoms with van der Waals surface area (Å²) in [5.74, 6) is -1.91. The molecule has 1 aromatic heterocycles. The Hall–Kier alpha value is -2.24. The summed E-state index contributed by atoms with van der Waals surface area (Å²) in [7, 11) is 1.80. The third kappa shape index (κ3) is 3.88. The summed E-state index contributed by atoms with van der Waals surface area (Å²) in [6.07, 6.45) is 4.09. The highest BCUT2D eigenvalue weighted by molar-refractivity contribution is 5.76. The van der Waals surface area contributed by atoms with Crippen LogP contribution in [0.25, 0.3) is 0 Å². The molecule has 0 aliphatic heterocycles. The van der Waals surface area contributed by atoms with Crippen molar-refractivity contribution >= 4 is 5.91 Å². The molecule has 0 aliphatic rings. The first-order valence-corrected chi connectivity index (χ1v) is 6.23. The number of carbonyl (C=O) groups is 1. The van der Waals surface area contributed by atoms with Crippen molar-refractivity contribution < 1.29 is 13.6 Å². The van der Waals surface area contributed by atoms with Gasteiger partial charge in [-0.25, -0.2) is 8.78 Å². The van der Waals surface area contributed by atoms with Gasteiger partial charge in [0.15, 0.2) is 11.6 Å². The lowest BCUT2D eigenvalue weighted by molar-refractivity contribution is -0.121. The molecule has 0 aliphatic carbocycles. The zero-order valence-corrected chi connectivity index (χ0v) is 11.1. The second-order valence-corrected chi connectivity index (χ2v) is 4.55. The van der Waals surface area contributed by atoms with Crippen LogP contribution in [-0.2, 0) is 24.8 Å². The van der Waals surface area contributed by atoms with Gasteiger partial charge in [0.25, 0.3) is 0 Å². The maximum absolute atomic E-state index is 13.0. The zero-order valence-electron chi connectivity index (χ0n) is 11.1. The number of halogens is 2. The van der Waals surface area contributed by atoms with E-state index >= 15 is 0 Å². The Labute approximate surface area is 115 Å². The normalized spacial score (nSPS) is 10.6. The molecule has 0 atom stereocenters. The van der Waals surface area contributed by atoms with Crippen molar-refractivity contribution in [1.82, 2.24) is 15.1 Å². The third-order valence-corrected chi connectivity index (χ3v) is 2.87. The molecule has 106 valence electrons. The van der Waals surface area contributed by atoms with E-state index in [-0.39, 0.29) is 12.3 Å². The molecule has 0 spiro atoms. The Morgan fingerprint density at radius 2 is 2.10 bits per heavy atom. The number of nitrogens with zero attached hydrogens (tertiary/aromatic N) is 2. The molecule has 2 aromatic rings. The highest BCUT2D eigenvalue weighted by Crippen LogP contribution is 2.10. The van der Waals surface area contributed by atoms with Crippen molar-refractivity contribution in [2.24, 2.45) is 7.05 Å². The lowest BCUT2D eigenvalue weighted by Gasteiger charge is -2.04. The second kappa shape index (κ2) is 6.27. The topological polar surface area (TPSA) is 46.9 Å². The largest absolute Gasteiger partial charge is 0.352 e. The minimum atomic E-state index is -0.890. The minimum absolute atomic E-state index is 0.140. The van der Waals surface area contributed by atoms with Crippen LogP contribution in [-0.4, -0.2) is 15.7 Å². The Balaban J connectivity index is 1.78. The summed E-state index contributed by atoms with van der Waals surface area (Å²) in [5, 5.41) is 6.74. The first kappa shape index (κ1) is 14.2. The van der Waals surface area contributed by atoms with Crippen LogP contribution >= 0.6 is 0 Å². The number of aryl methyl sites for hydroxylation is 2. The quantitative estimate of drug-likeness (QED) is 0.909. The zero-order chi connectivity index (χ0) is 14.5. The molecule has 0 saturated carbocycles. The van der Waals surface area contributed by atoms with E-state index in [1.54, 1.807) is 17.9 Å². The molecule has 0 unspecified atom stereocenters. The van der Waals surface area contributed by atoms with Crippen molar-refractivity contribution in [2.45, 2.75) is 19.4 Å². The van der Waals surface area contributed by atoms with Crippen LogP contribution in [0.5, 0.6) is 0 Å². The van der Waals surface area contributed by atoms with E-state index in [9.17, 15) is 13.6 Å². The highest BCUT2D eigenvalue weighted by Gasteiger charge is 2.06.